The maximum atomic E-state index is 5.95. The SMILES string of the molecule is CCNC(=NCC1COc2ccccc2O1)NCCCOC1CCCC1.I. The topological polar surface area (TPSA) is 64.1 Å². The summed E-state index contributed by atoms with van der Waals surface area (Å²) in [6, 6.07) is 7.75. The largest absolute Gasteiger partial charge is 0.486 e. The van der Waals surface area contributed by atoms with E-state index < -0.39 is 0 Å². The second kappa shape index (κ2) is 12.3. The number of rotatable bonds is 8. The Bertz CT molecular complexity index is 579. The van der Waals surface area contributed by atoms with Gasteiger partial charge in [-0.15, -0.1) is 24.0 Å². The van der Waals surface area contributed by atoms with Crippen LogP contribution in [0.15, 0.2) is 29.3 Å². The second-order valence-electron chi connectivity index (χ2n) is 6.77. The molecule has 2 N–H and O–H groups in total. The molecule has 0 spiro atoms. The normalized spacial score (nSPS) is 19.4. The summed E-state index contributed by atoms with van der Waals surface area (Å²) in [5, 5.41) is 6.64. The smallest absolute Gasteiger partial charge is 0.191 e. The number of hydrogen-bond acceptors (Lipinski definition) is 4. The van der Waals surface area contributed by atoms with Crippen LogP contribution in [0.1, 0.15) is 39.0 Å². The summed E-state index contributed by atoms with van der Waals surface area (Å²) < 4.78 is 17.6. The van der Waals surface area contributed by atoms with Gasteiger partial charge in [-0.1, -0.05) is 25.0 Å². The quantitative estimate of drug-likeness (QED) is 0.254. The summed E-state index contributed by atoms with van der Waals surface area (Å²) in [5.41, 5.74) is 0. The number of nitrogens with one attached hydrogen (secondary N) is 2. The number of hydrogen-bond donors (Lipinski definition) is 2. The molecule has 1 atom stereocenters. The number of fused-ring (bicyclic) bond motifs is 1. The monoisotopic (exact) mass is 489 g/mol. The van der Waals surface area contributed by atoms with Crippen molar-refractivity contribution in [3.8, 4) is 11.5 Å². The molecule has 1 aliphatic carbocycles. The fourth-order valence-corrected chi connectivity index (χ4v) is 3.27. The molecule has 0 aromatic heterocycles. The van der Waals surface area contributed by atoms with E-state index in [2.05, 4.69) is 22.5 Å². The Morgan fingerprint density at radius 1 is 1.19 bits per heavy atom. The lowest BCUT2D eigenvalue weighted by atomic mass is 10.2. The van der Waals surface area contributed by atoms with E-state index in [-0.39, 0.29) is 30.1 Å². The maximum absolute atomic E-state index is 5.95. The second-order valence-corrected chi connectivity index (χ2v) is 6.77. The van der Waals surface area contributed by atoms with Crippen molar-refractivity contribution in [2.75, 3.05) is 32.8 Å². The van der Waals surface area contributed by atoms with Gasteiger partial charge in [0.2, 0.25) is 0 Å². The molecule has 0 saturated heterocycles. The first-order valence-corrected chi connectivity index (χ1v) is 9.87. The molecular formula is C20H32IN3O3. The first-order valence-electron chi connectivity index (χ1n) is 9.87. The third-order valence-electron chi connectivity index (χ3n) is 4.63. The van der Waals surface area contributed by atoms with E-state index in [0.29, 0.717) is 19.3 Å². The molecule has 1 aliphatic heterocycles. The number of halogens is 1. The lowest BCUT2D eigenvalue weighted by molar-refractivity contribution is 0.0574. The summed E-state index contributed by atoms with van der Waals surface area (Å²) in [4.78, 5) is 4.63. The summed E-state index contributed by atoms with van der Waals surface area (Å²) in [5.74, 6) is 2.41. The van der Waals surface area contributed by atoms with Crippen LogP contribution in [0.4, 0.5) is 0 Å². The highest BCUT2D eigenvalue weighted by Crippen LogP contribution is 2.30. The summed E-state index contributed by atoms with van der Waals surface area (Å²) in [6.07, 6.45) is 6.50. The molecule has 1 unspecified atom stereocenters. The fourth-order valence-electron chi connectivity index (χ4n) is 3.27. The number of guanidine groups is 1. The van der Waals surface area contributed by atoms with Crippen LogP contribution in [0, 0.1) is 0 Å². The molecule has 3 rings (SSSR count). The Hall–Kier alpha value is -1.22. The van der Waals surface area contributed by atoms with Gasteiger partial charge in [-0.25, -0.2) is 4.99 Å². The van der Waals surface area contributed by atoms with Crippen LogP contribution in [0.3, 0.4) is 0 Å². The summed E-state index contributed by atoms with van der Waals surface area (Å²) in [6.45, 7) is 5.64. The van der Waals surface area contributed by atoms with E-state index in [4.69, 9.17) is 14.2 Å². The van der Waals surface area contributed by atoms with Gasteiger partial charge in [-0.05, 0) is 38.3 Å². The highest BCUT2D eigenvalue weighted by molar-refractivity contribution is 14.0. The van der Waals surface area contributed by atoms with Crippen LogP contribution in [0.2, 0.25) is 0 Å². The molecule has 1 aromatic carbocycles. The van der Waals surface area contributed by atoms with E-state index >= 15 is 0 Å². The third kappa shape index (κ3) is 7.37. The molecule has 2 aliphatic rings. The molecule has 152 valence electrons. The zero-order valence-corrected chi connectivity index (χ0v) is 18.4. The number of ether oxygens (including phenoxy) is 3. The van der Waals surface area contributed by atoms with Crippen molar-refractivity contribution in [1.82, 2.24) is 10.6 Å². The average Bonchev–Trinajstić information content (AvgIpc) is 3.19. The molecule has 0 radical (unpaired) electrons. The Balaban J connectivity index is 0.00000261. The van der Waals surface area contributed by atoms with Gasteiger partial charge in [0.1, 0.15) is 6.61 Å². The van der Waals surface area contributed by atoms with Crippen LogP contribution in [0.25, 0.3) is 0 Å². The van der Waals surface area contributed by atoms with Crippen molar-refractivity contribution < 1.29 is 14.2 Å². The van der Waals surface area contributed by atoms with Crippen molar-refractivity contribution in [2.45, 2.75) is 51.2 Å². The summed E-state index contributed by atoms with van der Waals surface area (Å²) >= 11 is 0. The van der Waals surface area contributed by atoms with Gasteiger partial charge in [0.25, 0.3) is 0 Å². The minimum atomic E-state index is -0.0638. The Kier molecular flexibility index (Phi) is 10.0. The molecule has 0 amide bonds. The van der Waals surface area contributed by atoms with Crippen molar-refractivity contribution >= 4 is 29.9 Å². The Morgan fingerprint density at radius 3 is 2.74 bits per heavy atom. The molecule has 7 heteroatoms. The molecule has 1 fully saturated rings. The van der Waals surface area contributed by atoms with Gasteiger partial charge in [0.15, 0.2) is 23.6 Å². The number of para-hydroxylation sites is 2. The predicted molar refractivity (Wildman–Crippen MR) is 119 cm³/mol. The predicted octanol–water partition coefficient (Wildman–Crippen LogP) is 3.35. The summed E-state index contributed by atoms with van der Waals surface area (Å²) in [7, 11) is 0. The average molecular weight is 489 g/mol. The van der Waals surface area contributed by atoms with E-state index in [1.807, 2.05) is 24.3 Å². The van der Waals surface area contributed by atoms with E-state index in [1.54, 1.807) is 0 Å². The van der Waals surface area contributed by atoms with Crippen molar-refractivity contribution in [3.05, 3.63) is 24.3 Å². The fraction of sp³-hybridized carbons (Fsp3) is 0.650. The molecule has 1 saturated carbocycles. The molecule has 1 heterocycles. The first-order chi connectivity index (χ1) is 12.8. The first kappa shape index (κ1) is 22.1. The van der Waals surface area contributed by atoms with Crippen LogP contribution in [0.5, 0.6) is 11.5 Å². The molecule has 6 nitrogen and oxygen atoms in total. The highest BCUT2D eigenvalue weighted by Gasteiger charge is 2.20. The van der Waals surface area contributed by atoms with E-state index in [1.165, 1.54) is 25.7 Å². The van der Waals surface area contributed by atoms with Gasteiger partial charge >= 0.3 is 0 Å². The van der Waals surface area contributed by atoms with Gasteiger partial charge in [-0.2, -0.15) is 0 Å². The van der Waals surface area contributed by atoms with E-state index in [0.717, 1.165) is 43.6 Å². The zero-order valence-electron chi connectivity index (χ0n) is 16.1. The van der Waals surface area contributed by atoms with Crippen LogP contribution in [-0.2, 0) is 4.74 Å². The van der Waals surface area contributed by atoms with Crippen LogP contribution >= 0.6 is 24.0 Å². The zero-order chi connectivity index (χ0) is 18.0. The van der Waals surface area contributed by atoms with Crippen LogP contribution in [-0.4, -0.2) is 51.0 Å². The van der Waals surface area contributed by atoms with E-state index in [9.17, 15) is 0 Å². The highest BCUT2D eigenvalue weighted by atomic mass is 127. The van der Waals surface area contributed by atoms with Gasteiger partial charge in [0.05, 0.1) is 12.6 Å². The van der Waals surface area contributed by atoms with Crippen molar-refractivity contribution in [3.63, 3.8) is 0 Å². The number of nitrogens with zero attached hydrogens (tertiary/aromatic N) is 1. The van der Waals surface area contributed by atoms with Gasteiger partial charge in [-0.3, -0.25) is 0 Å². The minimum Gasteiger partial charge on any atom is -0.486 e. The Morgan fingerprint density at radius 2 is 1.96 bits per heavy atom. The molecule has 0 bridgehead atoms. The third-order valence-corrected chi connectivity index (χ3v) is 4.63. The lowest BCUT2D eigenvalue weighted by Crippen LogP contribution is -2.40. The van der Waals surface area contributed by atoms with Crippen molar-refractivity contribution in [2.24, 2.45) is 4.99 Å². The lowest BCUT2D eigenvalue weighted by Gasteiger charge is -2.25. The van der Waals surface area contributed by atoms with Crippen LogP contribution < -0.4 is 20.1 Å². The number of benzene rings is 1. The standard InChI is InChI=1S/C20H31N3O3.HI/c1-2-21-20(22-12-7-13-24-16-8-3-4-9-16)23-14-17-15-25-18-10-5-6-11-19(18)26-17;/h5-6,10-11,16-17H,2-4,7-9,12-15H2,1H3,(H2,21,22,23);1H. The van der Waals surface area contributed by atoms with Gasteiger partial charge in [0, 0.05) is 19.7 Å². The molecule has 27 heavy (non-hydrogen) atoms. The van der Waals surface area contributed by atoms with Crippen molar-refractivity contribution in [1.29, 1.82) is 0 Å². The molecule has 1 aromatic rings. The molecular weight excluding hydrogens is 457 g/mol. The number of aliphatic imine (C=N–C) groups is 1. The Labute approximate surface area is 179 Å². The van der Waals surface area contributed by atoms with Gasteiger partial charge < -0.3 is 24.8 Å². The maximum Gasteiger partial charge on any atom is 0.191 e. The minimum absolute atomic E-state index is 0.